The molecule has 0 radical (unpaired) electrons. The number of benzene rings is 4. The highest BCUT2D eigenvalue weighted by Gasteiger charge is 2.70. The van der Waals surface area contributed by atoms with Crippen molar-refractivity contribution in [1.82, 2.24) is 4.90 Å². The van der Waals surface area contributed by atoms with Gasteiger partial charge < -0.3 is 19.7 Å². The number of fused-ring (bicyclic) bond motifs is 6. The Morgan fingerprint density at radius 1 is 0.810 bits per heavy atom. The van der Waals surface area contributed by atoms with Gasteiger partial charge in [0.2, 0.25) is 5.91 Å². The fourth-order valence-electron chi connectivity index (χ4n) is 7.11. The van der Waals surface area contributed by atoms with Gasteiger partial charge in [0.1, 0.15) is 23.0 Å². The standard InChI is InChI=1S/C35H28N2O5/c1-41-23-17-15-22(16-18-23)31(38)29-30(32(39)25-11-5-8-14-28(25)42-2)37-20-19-21-9-3-4-10-24(21)33(37)35(29)26-12-6-7-13-27(26)36-34(35)40/h3-20,29-30,33H,1-2H3,(H,36,40)/t29-,30-,33+,35+/m0/s1. The maximum Gasteiger partial charge on any atom is 0.238 e. The zero-order valence-corrected chi connectivity index (χ0v) is 23.1. The van der Waals surface area contributed by atoms with E-state index in [2.05, 4.69) is 5.32 Å². The van der Waals surface area contributed by atoms with Crippen LogP contribution in [0.4, 0.5) is 5.69 Å². The first-order valence-corrected chi connectivity index (χ1v) is 13.8. The predicted octanol–water partition coefficient (Wildman–Crippen LogP) is 5.69. The first-order valence-electron chi connectivity index (χ1n) is 13.8. The first-order chi connectivity index (χ1) is 20.5. The second kappa shape index (κ2) is 9.73. The minimum atomic E-state index is -1.39. The van der Waals surface area contributed by atoms with Gasteiger partial charge in [-0.2, -0.15) is 0 Å². The molecule has 3 aliphatic rings. The average molecular weight is 557 g/mol. The van der Waals surface area contributed by atoms with Crippen LogP contribution in [0.5, 0.6) is 11.5 Å². The average Bonchev–Trinajstić information content (AvgIpc) is 3.52. The first kappa shape index (κ1) is 25.8. The third-order valence-corrected chi connectivity index (χ3v) is 8.87. The van der Waals surface area contributed by atoms with E-state index in [0.29, 0.717) is 33.9 Å². The van der Waals surface area contributed by atoms with Gasteiger partial charge in [0.25, 0.3) is 0 Å². The molecule has 7 nitrogen and oxygen atoms in total. The van der Waals surface area contributed by atoms with E-state index in [1.165, 1.54) is 7.11 Å². The summed E-state index contributed by atoms with van der Waals surface area (Å²) in [7, 11) is 3.08. The van der Waals surface area contributed by atoms with Crippen LogP contribution in [-0.4, -0.2) is 42.6 Å². The molecule has 1 N–H and O–H groups in total. The van der Waals surface area contributed by atoms with Crippen LogP contribution in [0.2, 0.25) is 0 Å². The molecule has 7 rings (SSSR count). The van der Waals surface area contributed by atoms with Gasteiger partial charge in [-0.1, -0.05) is 54.6 Å². The Hall–Kier alpha value is -5.17. The van der Waals surface area contributed by atoms with Crippen molar-refractivity contribution in [3.8, 4) is 11.5 Å². The van der Waals surface area contributed by atoms with Crippen LogP contribution >= 0.6 is 0 Å². The minimum absolute atomic E-state index is 0.289. The smallest absolute Gasteiger partial charge is 0.238 e. The van der Waals surface area contributed by atoms with Crippen molar-refractivity contribution in [3.63, 3.8) is 0 Å². The van der Waals surface area contributed by atoms with Crippen LogP contribution in [0, 0.1) is 5.92 Å². The molecule has 0 bridgehead atoms. The highest BCUT2D eigenvalue weighted by molar-refractivity contribution is 6.17. The summed E-state index contributed by atoms with van der Waals surface area (Å²) >= 11 is 0. The molecule has 1 spiro atoms. The molecular formula is C35H28N2O5. The molecule has 3 heterocycles. The Labute approximate surface area is 243 Å². The van der Waals surface area contributed by atoms with Crippen molar-refractivity contribution in [2.75, 3.05) is 19.5 Å². The summed E-state index contributed by atoms with van der Waals surface area (Å²) in [6.45, 7) is 0. The second-order valence-electron chi connectivity index (χ2n) is 10.7. The van der Waals surface area contributed by atoms with Crippen LogP contribution in [-0.2, 0) is 10.2 Å². The van der Waals surface area contributed by atoms with E-state index in [1.54, 1.807) is 55.6 Å². The van der Waals surface area contributed by atoms with Gasteiger partial charge in [-0.05, 0) is 65.2 Å². The number of Topliss-reactive ketones (excluding diaryl/α,β-unsaturated/α-hetero) is 2. The van der Waals surface area contributed by atoms with Crippen molar-refractivity contribution in [1.29, 1.82) is 0 Å². The number of carbonyl (C=O) groups is 3. The summed E-state index contributed by atoms with van der Waals surface area (Å²) in [6, 6.07) is 27.6. The number of carbonyl (C=O) groups excluding carboxylic acids is 3. The van der Waals surface area contributed by atoms with Crippen LogP contribution in [0.25, 0.3) is 6.08 Å². The second-order valence-corrected chi connectivity index (χ2v) is 10.7. The number of rotatable bonds is 6. The Balaban J connectivity index is 1.53. The van der Waals surface area contributed by atoms with Crippen molar-refractivity contribution in [2.24, 2.45) is 5.92 Å². The van der Waals surface area contributed by atoms with Gasteiger partial charge >= 0.3 is 0 Å². The molecule has 1 amide bonds. The van der Waals surface area contributed by atoms with Crippen molar-refractivity contribution < 1.29 is 23.9 Å². The van der Waals surface area contributed by atoms with Crippen LogP contribution in [0.1, 0.15) is 43.4 Å². The van der Waals surface area contributed by atoms with Gasteiger partial charge in [0.15, 0.2) is 11.6 Å². The number of ether oxygens (including phenoxy) is 2. The number of hydrogen-bond acceptors (Lipinski definition) is 6. The van der Waals surface area contributed by atoms with Gasteiger partial charge in [0, 0.05) is 17.5 Å². The van der Waals surface area contributed by atoms with E-state index in [9.17, 15) is 14.4 Å². The van der Waals surface area contributed by atoms with Gasteiger partial charge in [-0.3, -0.25) is 14.4 Å². The van der Waals surface area contributed by atoms with E-state index in [0.717, 1.165) is 11.1 Å². The molecule has 3 aliphatic heterocycles. The molecule has 4 atom stereocenters. The third kappa shape index (κ3) is 3.49. The number of anilines is 1. The number of methoxy groups -OCH3 is 2. The van der Waals surface area contributed by atoms with E-state index < -0.39 is 23.4 Å². The molecule has 1 fully saturated rings. The van der Waals surface area contributed by atoms with E-state index in [1.807, 2.05) is 65.7 Å². The molecule has 208 valence electrons. The third-order valence-electron chi connectivity index (χ3n) is 8.87. The zero-order chi connectivity index (χ0) is 29.0. The van der Waals surface area contributed by atoms with E-state index in [-0.39, 0.29) is 17.5 Å². The molecule has 7 heteroatoms. The monoisotopic (exact) mass is 556 g/mol. The molecule has 0 unspecified atom stereocenters. The van der Waals surface area contributed by atoms with Gasteiger partial charge in [-0.15, -0.1) is 0 Å². The molecule has 0 saturated carbocycles. The molecule has 42 heavy (non-hydrogen) atoms. The van der Waals surface area contributed by atoms with Gasteiger partial charge in [-0.25, -0.2) is 0 Å². The Morgan fingerprint density at radius 3 is 2.31 bits per heavy atom. The van der Waals surface area contributed by atoms with Crippen molar-refractivity contribution in [3.05, 3.63) is 131 Å². The molecule has 0 aromatic heterocycles. The van der Waals surface area contributed by atoms with Crippen LogP contribution in [0.3, 0.4) is 0 Å². The molecular weight excluding hydrogens is 528 g/mol. The normalized spacial score (nSPS) is 23.1. The van der Waals surface area contributed by atoms with E-state index in [4.69, 9.17) is 9.47 Å². The Kier molecular flexibility index (Phi) is 5.97. The Bertz CT molecular complexity index is 1780. The van der Waals surface area contributed by atoms with Gasteiger partial charge in [0.05, 0.1) is 31.7 Å². The largest absolute Gasteiger partial charge is 0.497 e. The number of para-hydroxylation sites is 2. The summed E-state index contributed by atoms with van der Waals surface area (Å²) in [5.74, 6) is -0.930. The predicted molar refractivity (Wildman–Crippen MR) is 159 cm³/mol. The number of ketones is 2. The quantitative estimate of drug-likeness (QED) is 0.308. The summed E-state index contributed by atoms with van der Waals surface area (Å²) in [4.78, 5) is 46.0. The van der Waals surface area contributed by atoms with E-state index >= 15 is 0 Å². The lowest BCUT2D eigenvalue weighted by atomic mass is 9.62. The maximum absolute atomic E-state index is 14.9. The SMILES string of the molecule is COc1ccc(C(=O)[C@@H]2[C@@H](C(=O)c3ccccc3OC)N3C=Cc4ccccc4[C@@H]3[C@]23C(=O)Nc2ccccc23)cc1. The minimum Gasteiger partial charge on any atom is -0.497 e. The number of amides is 1. The van der Waals surface area contributed by atoms with Crippen LogP contribution in [0.15, 0.2) is 103 Å². The lowest BCUT2D eigenvalue weighted by Gasteiger charge is -2.38. The van der Waals surface area contributed by atoms with Crippen molar-refractivity contribution >= 4 is 29.2 Å². The van der Waals surface area contributed by atoms with Crippen molar-refractivity contribution in [2.45, 2.75) is 17.5 Å². The topological polar surface area (TPSA) is 84.9 Å². The van der Waals surface area contributed by atoms with Crippen LogP contribution < -0.4 is 14.8 Å². The highest BCUT2D eigenvalue weighted by atomic mass is 16.5. The summed E-state index contributed by atoms with van der Waals surface area (Å²) < 4.78 is 10.9. The zero-order valence-electron chi connectivity index (χ0n) is 23.1. The summed E-state index contributed by atoms with van der Waals surface area (Å²) in [5.41, 5.74) is 2.53. The molecule has 4 aromatic carbocycles. The fraction of sp³-hybridized carbons (Fsp3) is 0.171. The summed E-state index contributed by atoms with van der Waals surface area (Å²) in [6.07, 6.45) is 3.81. The highest BCUT2D eigenvalue weighted by Crippen LogP contribution is 2.62. The lowest BCUT2D eigenvalue weighted by molar-refractivity contribution is -0.122. The molecule has 4 aromatic rings. The lowest BCUT2D eigenvalue weighted by Crippen LogP contribution is -2.49. The fourth-order valence-corrected chi connectivity index (χ4v) is 7.11. The number of nitrogens with one attached hydrogen (secondary N) is 1. The maximum atomic E-state index is 14.9. The number of hydrogen-bond donors (Lipinski definition) is 1. The molecule has 0 aliphatic carbocycles. The summed E-state index contributed by atoms with van der Waals surface area (Å²) in [5, 5.41) is 3.07. The number of nitrogens with zero attached hydrogens (tertiary/aromatic N) is 1. The molecule has 1 saturated heterocycles. The Morgan fingerprint density at radius 2 is 1.52 bits per heavy atom.